The minimum Gasteiger partial charge on any atom is -0.381 e. The number of nitrogens with one attached hydrogen (secondary N) is 1. The van der Waals surface area contributed by atoms with E-state index in [4.69, 9.17) is 10.00 Å². The fraction of sp³-hybridized carbons (Fsp3) is 0.923. The highest BCUT2D eigenvalue weighted by Gasteiger charge is 2.36. The first-order chi connectivity index (χ1) is 7.85. The van der Waals surface area contributed by atoms with Crippen molar-refractivity contribution in [3.63, 3.8) is 0 Å². The Labute approximate surface area is 98.2 Å². The second-order valence-corrected chi connectivity index (χ2v) is 5.27. The lowest BCUT2D eigenvalue weighted by Gasteiger charge is -2.35. The van der Waals surface area contributed by atoms with Crippen LogP contribution in [0.2, 0.25) is 0 Å². The maximum atomic E-state index is 9.08. The summed E-state index contributed by atoms with van der Waals surface area (Å²) in [5.41, 5.74) is -0.0182. The van der Waals surface area contributed by atoms with E-state index in [-0.39, 0.29) is 5.41 Å². The highest BCUT2D eigenvalue weighted by molar-refractivity contribution is 5.05. The van der Waals surface area contributed by atoms with E-state index < -0.39 is 0 Å². The topological polar surface area (TPSA) is 45.0 Å². The summed E-state index contributed by atoms with van der Waals surface area (Å²) in [5.74, 6) is 0.834. The minimum atomic E-state index is -0.0182. The van der Waals surface area contributed by atoms with Crippen molar-refractivity contribution in [2.45, 2.75) is 38.5 Å². The van der Waals surface area contributed by atoms with E-state index in [2.05, 4.69) is 11.4 Å². The number of nitrogens with zero attached hydrogens (tertiary/aromatic N) is 1. The van der Waals surface area contributed by atoms with Crippen LogP contribution in [-0.4, -0.2) is 26.3 Å². The van der Waals surface area contributed by atoms with Crippen LogP contribution in [0.4, 0.5) is 0 Å². The molecule has 3 nitrogen and oxygen atoms in total. The first-order valence-corrected chi connectivity index (χ1v) is 6.54. The van der Waals surface area contributed by atoms with Crippen LogP contribution in [0.15, 0.2) is 0 Å². The van der Waals surface area contributed by atoms with Crippen LogP contribution >= 0.6 is 0 Å². The molecule has 0 atom stereocenters. The van der Waals surface area contributed by atoms with Crippen LogP contribution in [0, 0.1) is 22.7 Å². The molecule has 1 saturated heterocycles. The van der Waals surface area contributed by atoms with Gasteiger partial charge in [-0.3, -0.25) is 0 Å². The summed E-state index contributed by atoms with van der Waals surface area (Å²) in [6.45, 7) is 3.83. The molecule has 90 valence electrons. The molecule has 0 aromatic carbocycles. The third-order valence-corrected chi connectivity index (χ3v) is 4.08. The van der Waals surface area contributed by atoms with E-state index in [1.165, 1.54) is 25.7 Å². The number of ether oxygens (including phenoxy) is 1. The second kappa shape index (κ2) is 5.65. The van der Waals surface area contributed by atoms with Crippen molar-refractivity contribution < 1.29 is 4.74 Å². The predicted molar refractivity (Wildman–Crippen MR) is 62.9 cm³/mol. The van der Waals surface area contributed by atoms with Crippen LogP contribution in [-0.2, 0) is 4.74 Å². The summed E-state index contributed by atoms with van der Waals surface area (Å²) in [6.07, 6.45) is 7.08. The zero-order valence-electron chi connectivity index (χ0n) is 10.0. The number of nitriles is 1. The van der Waals surface area contributed by atoms with E-state index >= 15 is 0 Å². The number of rotatable bonds is 5. The number of hydrogen-bond donors (Lipinski definition) is 1. The van der Waals surface area contributed by atoms with Gasteiger partial charge in [-0.2, -0.15) is 5.26 Å². The molecular formula is C13H22N2O. The van der Waals surface area contributed by atoms with Gasteiger partial charge >= 0.3 is 0 Å². The Bertz CT molecular complexity index is 249. The van der Waals surface area contributed by atoms with E-state index in [1.807, 2.05) is 0 Å². The Morgan fingerprint density at radius 1 is 1.31 bits per heavy atom. The van der Waals surface area contributed by atoms with Crippen molar-refractivity contribution in [1.82, 2.24) is 5.32 Å². The van der Waals surface area contributed by atoms with E-state index in [1.54, 1.807) is 0 Å². The average Bonchev–Trinajstić information content (AvgIpc) is 2.29. The molecule has 1 saturated carbocycles. The molecular weight excluding hydrogens is 200 g/mol. The highest BCUT2D eigenvalue weighted by atomic mass is 16.5. The van der Waals surface area contributed by atoms with Crippen molar-refractivity contribution in [3.05, 3.63) is 0 Å². The van der Waals surface area contributed by atoms with Gasteiger partial charge < -0.3 is 10.1 Å². The quantitative estimate of drug-likeness (QED) is 0.724. The molecule has 0 aromatic heterocycles. The van der Waals surface area contributed by atoms with Gasteiger partial charge in [0, 0.05) is 19.8 Å². The smallest absolute Gasteiger partial charge is 0.0703 e. The molecule has 3 heteroatoms. The fourth-order valence-electron chi connectivity index (χ4n) is 2.60. The second-order valence-electron chi connectivity index (χ2n) is 5.27. The van der Waals surface area contributed by atoms with Crippen LogP contribution in [0.1, 0.15) is 38.5 Å². The summed E-state index contributed by atoms with van der Waals surface area (Å²) >= 11 is 0. The lowest BCUT2D eigenvalue weighted by atomic mass is 9.70. The van der Waals surface area contributed by atoms with Gasteiger partial charge in [-0.1, -0.05) is 6.42 Å². The third kappa shape index (κ3) is 2.96. The van der Waals surface area contributed by atoms with Crippen molar-refractivity contribution in [1.29, 1.82) is 5.26 Å². The molecule has 0 bridgehead atoms. The molecule has 1 aliphatic heterocycles. The molecule has 2 fully saturated rings. The lowest BCUT2D eigenvalue weighted by Crippen LogP contribution is -2.39. The van der Waals surface area contributed by atoms with Gasteiger partial charge in [0.2, 0.25) is 0 Å². The van der Waals surface area contributed by atoms with Crippen molar-refractivity contribution in [3.8, 4) is 6.07 Å². The van der Waals surface area contributed by atoms with Crippen molar-refractivity contribution in [2.75, 3.05) is 26.3 Å². The Balaban J connectivity index is 1.56. The monoisotopic (exact) mass is 222 g/mol. The largest absolute Gasteiger partial charge is 0.381 e. The van der Waals surface area contributed by atoms with Crippen LogP contribution in [0.5, 0.6) is 0 Å². The standard InChI is InChI=1S/C13H22N2O/c14-10-13(5-1-6-13)11-15-7-2-12-3-8-16-9-4-12/h12,15H,1-9,11H2. The first-order valence-electron chi connectivity index (χ1n) is 6.54. The summed E-state index contributed by atoms with van der Waals surface area (Å²) in [4.78, 5) is 0. The van der Waals surface area contributed by atoms with Gasteiger partial charge in [0.15, 0.2) is 0 Å². The maximum absolute atomic E-state index is 9.08. The summed E-state index contributed by atoms with van der Waals surface area (Å²) < 4.78 is 5.34. The molecule has 0 unspecified atom stereocenters. The zero-order valence-corrected chi connectivity index (χ0v) is 10.0. The van der Waals surface area contributed by atoms with Gasteiger partial charge in [-0.15, -0.1) is 0 Å². The van der Waals surface area contributed by atoms with E-state index in [9.17, 15) is 0 Å². The van der Waals surface area contributed by atoms with Gasteiger partial charge in [0.05, 0.1) is 11.5 Å². The molecule has 1 heterocycles. The fourth-order valence-corrected chi connectivity index (χ4v) is 2.60. The Morgan fingerprint density at radius 2 is 2.06 bits per heavy atom. The molecule has 16 heavy (non-hydrogen) atoms. The first kappa shape index (κ1) is 11.9. The molecule has 0 amide bonds. The summed E-state index contributed by atoms with van der Waals surface area (Å²) in [5, 5.41) is 12.5. The number of hydrogen-bond acceptors (Lipinski definition) is 3. The SMILES string of the molecule is N#CC1(CNCCC2CCOCC2)CCC1. The Hall–Kier alpha value is -0.590. The van der Waals surface area contributed by atoms with E-state index in [0.29, 0.717) is 0 Å². The normalized spacial score (nSPS) is 24.7. The van der Waals surface area contributed by atoms with Gasteiger partial charge in [-0.25, -0.2) is 0 Å². The molecule has 1 aliphatic carbocycles. The Morgan fingerprint density at radius 3 is 2.62 bits per heavy atom. The molecule has 2 rings (SSSR count). The van der Waals surface area contributed by atoms with E-state index in [0.717, 1.165) is 45.1 Å². The van der Waals surface area contributed by atoms with Crippen molar-refractivity contribution in [2.24, 2.45) is 11.3 Å². The highest BCUT2D eigenvalue weighted by Crippen LogP contribution is 2.39. The summed E-state index contributed by atoms with van der Waals surface area (Å²) in [6, 6.07) is 2.47. The van der Waals surface area contributed by atoms with Gasteiger partial charge in [0.1, 0.15) is 0 Å². The lowest BCUT2D eigenvalue weighted by molar-refractivity contribution is 0.0636. The molecule has 2 aliphatic rings. The molecule has 0 spiro atoms. The maximum Gasteiger partial charge on any atom is 0.0703 e. The summed E-state index contributed by atoms with van der Waals surface area (Å²) in [7, 11) is 0. The van der Waals surface area contributed by atoms with Crippen LogP contribution in [0.25, 0.3) is 0 Å². The van der Waals surface area contributed by atoms with Crippen LogP contribution < -0.4 is 5.32 Å². The zero-order chi connectivity index (χ0) is 11.3. The van der Waals surface area contributed by atoms with Gasteiger partial charge in [-0.05, 0) is 44.6 Å². The Kier molecular flexibility index (Phi) is 4.20. The molecule has 0 aromatic rings. The van der Waals surface area contributed by atoms with Crippen molar-refractivity contribution >= 4 is 0 Å². The minimum absolute atomic E-state index is 0.0182. The molecule has 0 radical (unpaired) electrons. The molecule has 1 N–H and O–H groups in total. The third-order valence-electron chi connectivity index (χ3n) is 4.08. The average molecular weight is 222 g/mol. The predicted octanol–water partition coefficient (Wildman–Crippen LogP) is 2.09. The van der Waals surface area contributed by atoms with Crippen LogP contribution in [0.3, 0.4) is 0 Å². The van der Waals surface area contributed by atoms with Gasteiger partial charge in [0.25, 0.3) is 0 Å².